The molecule has 1 aromatic carbocycles. The molecule has 0 saturated carbocycles. The number of rotatable bonds is 5. The molecule has 2 rings (SSSR count). The molecular weight excluding hydrogens is 302 g/mol. The lowest BCUT2D eigenvalue weighted by atomic mass is 10.1. The van der Waals surface area contributed by atoms with Crippen molar-refractivity contribution >= 4 is 11.7 Å². The molecular formula is C15H17N3O5. The predicted octanol–water partition coefficient (Wildman–Crippen LogP) is 2.79. The fraction of sp³-hybridized carbons (Fsp3) is 0.333. The van der Waals surface area contributed by atoms with Crippen molar-refractivity contribution in [2.24, 2.45) is 7.05 Å². The number of hydrogen-bond donors (Lipinski definition) is 1. The molecule has 0 fully saturated rings. The third-order valence-corrected chi connectivity index (χ3v) is 3.25. The lowest BCUT2D eigenvalue weighted by molar-refractivity contribution is -0.386. The zero-order valence-electron chi connectivity index (χ0n) is 13.2. The van der Waals surface area contributed by atoms with Crippen LogP contribution in [0.25, 0.3) is 11.4 Å². The topological polar surface area (TPSA) is 107 Å². The van der Waals surface area contributed by atoms with Crippen molar-refractivity contribution in [2.75, 3.05) is 0 Å². The van der Waals surface area contributed by atoms with E-state index in [0.717, 1.165) is 0 Å². The quantitative estimate of drug-likeness (QED) is 0.670. The molecule has 0 unspecified atom stereocenters. The van der Waals surface area contributed by atoms with E-state index in [4.69, 9.17) is 4.74 Å². The molecule has 8 nitrogen and oxygen atoms in total. The number of carbonyl (C=O) groups is 1. The van der Waals surface area contributed by atoms with Gasteiger partial charge in [0, 0.05) is 18.7 Å². The highest BCUT2D eigenvalue weighted by molar-refractivity contribution is 5.88. The second-order valence-corrected chi connectivity index (χ2v) is 5.34. The Morgan fingerprint density at radius 2 is 2.09 bits per heavy atom. The summed E-state index contributed by atoms with van der Waals surface area (Å²) in [5.74, 6) is -0.588. The summed E-state index contributed by atoms with van der Waals surface area (Å²) in [6.45, 7) is 5.13. The number of nitrogens with zero attached hydrogens (tertiary/aromatic N) is 3. The average molecular weight is 319 g/mol. The Balaban J connectivity index is 2.58. The van der Waals surface area contributed by atoms with Crippen LogP contribution in [0, 0.1) is 17.0 Å². The molecule has 0 aliphatic carbocycles. The SMILES string of the molecule is Cc1nc(-c2ccc(OC(C)C)c([N+](=O)[O-])c2)n(C)c1C(=O)O. The number of aromatic carboxylic acids is 1. The predicted molar refractivity (Wildman–Crippen MR) is 82.8 cm³/mol. The third kappa shape index (κ3) is 3.15. The number of carboxylic acid groups (broad SMARTS) is 1. The summed E-state index contributed by atoms with van der Waals surface area (Å²) < 4.78 is 6.83. The number of ether oxygens (including phenoxy) is 1. The lowest BCUT2D eigenvalue weighted by Crippen LogP contribution is -2.08. The largest absolute Gasteiger partial charge is 0.484 e. The molecule has 1 heterocycles. The van der Waals surface area contributed by atoms with Gasteiger partial charge in [0.2, 0.25) is 0 Å². The van der Waals surface area contributed by atoms with Gasteiger partial charge in [-0.25, -0.2) is 9.78 Å². The monoisotopic (exact) mass is 319 g/mol. The summed E-state index contributed by atoms with van der Waals surface area (Å²) in [7, 11) is 1.56. The number of imidazole rings is 1. The Morgan fingerprint density at radius 3 is 2.57 bits per heavy atom. The van der Waals surface area contributed by atoms with E-state index in [9.17, 15) is 20.0 Å². The minimum Gasteiger partial charge on any atom is -0.484 e. The fourth-order valence-electron chi connectivity index (χ4n) is 2.34. The molecule has 1 N–H and O–H groups in total. The maximum Gasteiger partial charge on any atom is 0.354 e. The molecule has 0 aliphatic rings. The third-order valence-electron chi connectivity index (χ3n) is 3.25. The van der Waals surface area contributed by atoms with E-state index in [1.165, 1.54) is 16.7 Å². The van der Waals surface area contributed by atoms with E-state index in [1.807, 2.05) is 0 Å². The van der Waals surface area contributed by atoms with E-state index in [0.29, 0.717) is 17.1 Å². The summed E-state index contributed by atoms with van der Waals surface area (Å²) in [5.41, 5.74) is 0.657. The smallest absolute Gasteiger partial charge is 0.354 e. The number of carboxylic acids is 1. The summed E-state index contributed by atoms with van der Waals surface area (Å²) in [6.07, 6.45) is -0.200. The van der Waals surface area contributed by atoms with Crippen molar-refractivity contribution in [1.29, 1.82) is 0 Å². The zero-order valence-corrected chi connectivity index (χ0v) is 13.2. The van der Waals surface area contributed by atoms with Gasteiger partial charge in [0.05, 0.1) is 16.7 Å². The normalized spacial score (nSPS) is 10.8. The first-order valence-electron chi connectivity index (χ1n) is 6.94. The van der Waals surface area contributed by atoms with E-state index in [-0.39, 0.29) is 23.2 Å². The number of aromatic nitrogens is 2. The first kappa shape index (κ1) is 16.5. The maximum atomic E-state index is 11.3. The van der Waals surface area contributed by atoms with Crippen molar-refractivity contribution in [1.82, 2.24) is 9.55 Å². The van der Waals surface area contributed by atoms with Crippen molar-refractivity contribution in [3.05, 3.63) is 39.7 Å². The molecule has 0 saturated heterocycles. The molecule has 0 atom stereocenters. The van der Waals surface area contributed by atoms with Crippen LogP contribution in [0.1, 0.15) is 30.0 Å². The van der Waals surface area contributed by atoms with Crippen LogP contribution in [0.5, 0.6) is 5.75 Å². The minimum absolute atomic E-state index is 0.0464. The molecule has 8 heteroatoms. The Morgan fingerprint density at radius 1 is 1.43 bits per heavy atom. The second kappa shape index (κ2) is 6.07. The highest BCUT2D eigenvalue weighted by atomic mass is 16.6. The molecule has 1 aromatic heterocycles. The van der Waals surface area contributed by atoms with Crippen LogP contribution < -0.4 is 4.74 Å². The number of nitro benzene ring substituents is 1. The van der Waals surface area contributed by atoms with Crippen molar-refractivity contribution < 1.29 is 19.6 Å². The van der Waals surface area contributed by atoms with Gasteiger partial charge in [0.25, 0.3) is 0 Å². The molecule has 0 bridgehead atoms. The Kier molecular flexibility index (Phi) is 4.35. The Labute approximate surface area is 132 Å². The van der Waals surface area contributed by atoms with Crippen molar-refractivity contribution in [3.8, 4) is 17.1 Å². The highest BCUT2D eigenvalue weighted by Crippen LogP contribution is 2.33. The Hall–Kier alpha value is -2.90. The van der Waals surface area contributed by atoms with E-state index in [1.54, 1.807) is 33.9 Å². The van der Waals surface area contributed by atoms with Gasteiger partial charge in [-0.1, -0.05) is 0 Å². The number of hydrogen-bond acceptors (Lipinski definition) is 5. The first-order valence-corrected chi connectivity index (χ1v) is 6.94. The zero-order chi connectivity index (χ0) is 17.3. The van der Waals surface area contributed by atoms with Crippen LogP contribution in [0.15, 0.2) is 18.2 Å². The number of nitro groups is 1. The summed E-state index contributed by atoms with van der Waals surface area (Å²) >= 11 is 0. The number of aryl methyl sites for hydroxylation is 1. The van der Waals surface area contributed by atoms with Crippen LogP contribution in [0.2, 0.25) is 0 Å². The van der Waals surface area contributed by atoms with Crippen LogP contribution in [0.4, 0.5) is 5.69 Å². The fourth-order valence-corrected chi connectivity index (χ4v) is 2.34. The van der Waals surface area contributed by atoms with Crippen molar-refractivity contribution in [2.45, 2.75) is 26.9 Å². The lowest BCUT2D eigenvalue weighted by Gasteiger charge is -2.11. The van der Waals surface area contributed by atoms with Crippen LogP contribution >= 0.6 is 0 Å². The summed E-state index contributed by atoms with van der Waals surface area (Å²) in [5, 5.41) is 20.5. The van der Waals surface area contributed by atoms with Gasteiger partial charge in [-0.15, -0.1) is 0 Å². The van der Waals surface area contributed by atoms with Crippen molar-refractivity contribution in [3.63, 3.8) is 0 Å². The minimum atomic E-state index is -1.10. The van der Waals surface area contributed by atoms with Gasteiger partial charge in [0.1, 0.15) is 11.5 Å². The molecule has 0 radical (unpaired) electrons. The van der Waals surface area contributed by atoms with Gasteiger partial charge in [-0.2, -0.15) is 0 Å². The molecule has 23 heavy (non-hydrogen) atoms. The maximum absolute atomic E-state index is 11.3. The average Bonchev–Trinajstić information content (AvgIpc) is 2.73. The van der Waals surface area contributed by atoms with Crippen LogP contribution in [-0.2, 0) is 7.05 Å². The Bertz CT molecular complexity index is 780. The number of benzene rings is 1. The summed E-state index contributed by atoms with van der Waals surface area (Å²) in [4.78, 5) is 26.2. The first-order chi connectivity index (χ1) is 10.7. The molecule has 0 aliphatic heterocycles. The standard InChI is InChI=1S/C15H17N3O5/c1-8(2)23-12-6-5-10(7-11(12)18(21)22)14-16-9(3)13(15(19)20)17(14)4/h5-8H,1-4H3,(H,19,20). The highest BCUT2D eigenvalue weighted by Gasteiger charge is 2.22. The van der Waals surface area contributed by atoms with Crippen LogP contribution in [0.3, 0.4) is 0 Å². The molecule has 0 spiro atoms. The second-order valence-electron chi connectivity index (χ2n) is 5.34. The van der Waals surface area contributed by atoms with E-state index < -0.39 is 10.9 Å². The molecule has 122 valence electrons. The van der Waals surface area contributed by atoms with E-state index >= 15 is 0 Å². The van der Waals surface area contributed by atoms with Crippen LogP contribution in [-0.4, -0.2) is 31.7 Å². The van der Waals surface area contributed by atoms with Gasteiger partial charge >= 0.3 is 11.7 Å². The van der Waals surface area contributed by atoms with Gasteiger partial charge in [-0.3, -0.25) is 10.1 Å². The molecule has 2 aromatic rings. The summed E-state index contributed by atoms with van der Waals surface area (Å²) in [6, 6.07) is 4.46. The van der Waals surface area contributed by atoms with E-state index in [2.05, 4.69) is 4.98 Å². The van der Waals surface area contributed by atoms with Gasteiger partial charge in [0.15, 0.2) is 5.75 Å². The van der Waals surface area contributed by atoms with Gasteiger partial charge in [-0.05, 0) is 32.9 Å². The van der Waals surface area contributed by atoms with Gasteiger partial charge < -0.3 is 14.4 Å². The molecule has 0 amide bonds.